The van der Waals surface area contributed by atoms with Crippen LogP contribution in [-0.2, 0) is 11.2 Å². The van der Waals surface area contributed by atoms with Crippen molar-refractivity contribution in [2.24, 2.45) is 5.92 Å². The molecule has 0 N–H and O–H groups in total. The largest absolute Gasteiger partial charge is 0.492 e. The van der Waals surface area contributed by atoms with Gasteiger partial charge in [0.05, 0.1) is 13.2 Å². The van der Waals surface area contributed by atoms with Crippen LogP contribution in [0.4, 0.5) is 0 Å². The first-order valence-electron chi connectivity index (χ1n) is 7.51. The summed E-state index contributed by atoms with van der Waals surface area (Å²) in [6.45, 7) is 9.29. The van der Waals surface area contributed by atoms with Crippen LogP contribution in [0.2, 0.25) is 0 Å². The minimum atomic E-state index is -0.304. The molecule has 1 aromatic rings. The minimum Gasteiger partial charge on any atom is -0.492 e. The number of para-hydroxylation sites is 1. The lowest BCUT2D eigenvalue weighted by Crippen LogP contribution is -2.10. The quantitative estimate of drug-likeness (QED) is 0.527. The van der Waals surface area contributed by atoms with Crippen LogP contribution < -0.4 is 4.74 Å². The first-order chi connectivity index (χ1) is 9.60. The lowest BCUT2D eigenvalue weighted by molar-refractivity contribution is 0.0521. The standard InChI is InChI=1S/C17H26O3/c1-5-14-10-7-11-15(17(18)19-6-2)16(14)20-12-8-9-13(3)4/h7,10-11,13H,5-6,8-9,12H2,1-4H3. The van der Waals surface area contributed by atoms with E-state index >= 15 is 0 Å². The van der Waals surface area contributed by atoms with Gasteiger partial charge in [-0.25, -0.2) is 4.79 Å². The van der Waals surface area contributed by atoms with Crippen molar-refractivity contribution in [2.75, 3.05) is 13.2 Å². The molecule has 3 heteroatoms. The zero-order valence-corrected chi connectivity index (χ0v) is 13.1. The second kappa shape index (κ2) is 8.62. The fraction of sp³-hybridized carbons (Fsp3) is 0.588. The Labute approximate surface area is 122 Å². The summed E-state index contributed by atoms with van der Waals surface area (Å²) in [4.78, 5) is 12.0. The second-order valence-electron chi connectivity index (χ2n) is 5.25. The van der Waals surface area contributed by atoms with Gasteiger partial charge in [-0.2, -0.15) is 0 Å². The Morgan fingerprint density at radius 3 is 2.60 bits per heavy atom. The molecule has 0 bridgehead atoms. The van der Waals surface area contributed by atoms with Gasteiger partial charge in [0.2, 0.25) is 0 Å². The summed E-state index contributed by atoms with van der Waals surface area (Å²) in [5.41, 5.74) is 1.59. The van der Waals surface area contributed by atoms with Crippen molar-refractivity contribution < 1.29 is 14.3 Å². The van der Waals surface area contributed by atoms with E-state index in [1.807, 2.05) is 19.1 Å². The fourth-order valence-corrected chi connectivity index (χ4v) is 2.07. The molecule has 1 aromatic carbocycles. The number of hydrogen-bond donors (Lipinski definition) is 0. The van der Waals surface area contributed by atoms with E-state index in [2.05, 4.69) is 20.8 Å². The lowest BCUT2D eigenvalue weighted by atomic mass is 10.1. The van der Waals surface area contributed by atoms with Crippen molar-refractivity contribution in [3.05, 3.63) is 29.3 Å². The SMILES string of the molecule is CCOC(=O)c1cccc(CC)c1OCCCC(C)C. The summed E-state index contributed by atoms with van der Waals surface area (Å²) in [7, 11) is 0. The molecule has 0 aromatic heterocycles. The van der Waals surface area contributed by atoms with Gasteiger partial charge in [0.25, 0.3) is 0 Å². The molecule has 1 rings (SSSR count). The molecule has 0 heterocycles. The molecule has 20 heavy (non-hydrogen) atoms. The highest BCUT2D eigenvalue weighted by molar-refractivity contribution is 5.93. The fourth-order valence-electron chi connectivity index (χ4n) is 2.07. The molecule has 0 saturated heterocycles. The summed E-state index contributed by atoms with van der Waals surface area (Å²) in [5, 5.41) is 0. The number of hydrogen-bond acceptors (Lipinski definition) is 3. The van der Waals surface area contributed by atoms with Crippen LogP contribution in [0.3, 0.4) is 0 Å². The van der Waals surface area contributed by atoms with E-state index in [0.717, 1.165) is 24.8 Å². The predicted octanol–water partition coefficient (Wildman–Crippen LogP) is 4.24. The summed E-state index contributed by atoms with van der Waals surface area (Å²) in [6, 6.07) is 5.65. The van der Waals surface area contributed by atoms with Gasteiger partial charge in [-0.3, -0.25) is 0 Å². The third-order valence-corrected chi connectivity index (χ3v) is 3.15. The van der Waals surface area contributed by atoms with Crippen molar-refractivity contribution in [1.82, 2.24) is 0 Å². The van der Waals surface area contributed by atoms with Crippen LogP contribution in [0.5, 0.6) is 5.75 Å². The van der Waals surface area contributed by atoms with Gasteiger partial charge in [0, 0.05) is 0 Å². The van der Waals surface area contributed by atoms with Crippen molar-refractivity contribution in [1.29, 1.82) is 0 Å². The maximum Gasteiger partial charge on any atom is 0.341 e. The second-order valence-corrected chi connectivity index (χ2v) is 5.25. The summed E-state index contributed by atoms with van der Waals surface area (Å²) >= 11 is 0. The number of carbonyl (C=O) groups excluding carboxylic acids is 1. The number of ether oxygens (including phenoxy) is 2. The molecule has 0 amide bonds. The van der Waals surface area contributed by atoms with Gasteiger partial charge in [-0.05, 0) is 43.7 Å². The zero-order valence-electron chi connectivity index (χ0n) is 13.1. The Morgan fingerprint density at radius 1 is 1.25 bits per heavy atom. The highest BCUT2D eigenvalue weighted by atomic mass is 16.5. The Hall–Kier alpha value is -1.51. The maximum atomic E-state index is 12.0. The topological polar surface area (TPSA) is 35.5 Å². The zero-order chi connectivity index (χ0) is 15.0. The average Bonchev–Trinajstić information content (AvgIpc) is 2.43. The van der Waals surface area contributed by atoms with E-state index in [1.54, 1.807) is 6.07 Å². The molecule has 0 aliphatic heterocycles. The van der Waals surface area contributed by atoms with Gasteiger partial charge in [-0.1, -0.05) is 32.9 Å². The summed E-state index contributed by atoms with van der Waals surface area (Å²) in [5.74, 6) is 1.06. The van der Waals surface area contributed by atoms with Crippen molar-refractivity contribution in [3.8, 4) is 5.75 Å². The highest BCUT2D eigenvalue weighted by Crippen LogP contribution is 2.26. The number of benzene rings is 1. The monoisotopic (exact) mass is 278 g/mol. The molecular formula is C17H26O3. The molecule has 3 nitrogen and oxygen atoms in total. The highest BCUT2D eigenvalue weighted by Gasteiger charge is 2.16. The first-order valence-corrected chi connectivity index (χ1v) is 7.51. The van der Waals surface area contributed by atoms with E-state index < -0.39 is 0 Å². The van der Waals surface area contributed by atoms with E-state index in [0.29, 0.717) is 30.4 Å². The average molecular weight is 278 g/mol. The van der Waals surface area contributed by atoms with Crippen molar-refractivity contribution in [2.45, 2.75) is 47.0 Å². The van der Waals surface area contributed by atoms with Gasteiger partial charge in [-0.15, -0.1) is 0 Å². The molecule has 0 spiro atoms. The third kappa shape index (κ3) is 4.87. The third-order valence-electron chi connectivity index (χ3n) is 3.15. The van der Waals surface area contributed by atoms with Crippen LogP contribution in [0.15, 0.2) is 18.2 Å². The predicted molar refractivity (Wildman–Crippen MR) is 81.3 cm³/mol. The van der Waals surface area contributed by atoms with E-state index in [-0.39, 0.29) is 5.97 Å². The normalized spacial score (nSPS) is 10.7. The van der Waals surface area contributed by atoms with Gasteiger partial charge in [0.15, 0.2) is 0 Å². The molecule has 112 valence electrons. The number of carbonyl (C=O) groups is 1. The molecule has 0 unspecified atom stereocenters. The molecule has 0 aliphatic rings. The van der Waals surface area contributed by atoms with E-state index in [1.165, 1.54) is 0 Å². The van der Waals surface area contributed by atoms with Crippen molar-refractivity contribution >= 4 is 5.97 Å². The molecule has 0 atom stereocenters. The summed E-state index contributed by atoms with van der Waals surface area (Å²) in [6.07, 6.45) is 2.97. The molecule has 0 radical (unpaired) electrons. The van der Waals surface area contributed by atoms with Crippen LogP contribution >= 0.6 is 0 Å². The summed E-state index contributed by atoms with van der Waals surface area (Å²) < 4.78 is 11.0. The number of esters is 1. The van der Waals surface area contributed by atoms with Gasteiger partial charge in [0.1, 0.15) is 11.3 Å². The smallest absolute Gasteiger partial charge is 0.341 e. The van der Waals surface area contributed by atoms with E-state index in [9.17, 15) is 4.79 Å². The lowest BCUT2D eigenvalue weighted by Gasteiger charge is -2.15. The molecular weight excluding hydrogens is 252 g/mol. The Balaban J connectivity index is 2.81. The van der Waals surface area contributed by atoms with Gasteiger partial charge < -0.3 is 9.47 Å². The Kier molecular flexibility index (Phi) is 7.13. The van der Waals surface area contributed by atoms with Crippen LogP contribution in [0, 0.1) is 5.92 Å². The Bertz CT molecular complexity index is 424. The van der Waals surface area contributed by atoms with E-state index in [4.69, 9.17) is 9.47 Å². The first kappa shape index (κ1) is 16.5. The minimum absolute atomic E-state index is 0.304. The van der Waals surface area contributed by atoms with Crippen LogP contribution in [0.25, 0.3) is 0 Å². The molecule has 0 saturated carbocycles. The van der Waals surface area contributed by atoms with Gasteiger partial charge >= 0.3 is 5.97 Å². The maximum absolute atomic E-state index is 12.0. The number of rotatable bonds is 8. The van der Waals surface area contributed by atoms with Crippen molar-refractivity contribution in [3.63, 3.8) is 0 Å². The molecule has 0 aliphatic carbocycles. The Morgan fingerprint density at radius 2 is 2.00 bits per heavy atom. The molecule has 0 fully saturated rings. The van der Waals surface area contributed by atoms with Crippen LogP contribution in [-0.4, -0.2) is 19.2 Å². The number of aryl methyl sites for hydroxylation is 1. The van der Waals surface area contributed by atoms with Crippen LogP contribution in [0.1, 0.15) is 56.5 Å².